The number of carbonyl (C=O) groups excluding carboxylic acids is 2. The lowest BCUT2D eigenvalue weighted by molar-refractivity contribution is -0.190. The number of hydrogen-bond donors (Lipinski definition) is 0. The van der Waals surface area contributed by atoms with E-state index in [4.69, 9.17) is 14.2 Å². The van der Waals surface area contributed by atoms with E-state index < -0.39 is 30.3 Å². The van der Waals surface area contributed by atoms with Crippen molar-refractivity contribution in [2.75, 3.05) is 20.8 Å². The van der Waals surface area contributed by atoms with Gasteiger partial charge in [-0.25, -0.2) is 4.79 Å². The van der Waals surface area contributed by atoms with Crippen LogP contribution >= 0.6 is 0 Å². The number of fused-ring (bicyclic) bond motifs is 1. The Labute approximate surface area is 244 Å². The Kier molecular flexibility index (Phi) is 9.30. The molecule has 3 aliphatic rings. The third kappa shape index (κ3) is 6.38. The van der Waals surface area contributed by atoms with Crippen LogP contribution < -0.4 is 4.74 Å². The van der Waals surface area contributed by atoms with Gasteiger partial charge in [0.05, 0.1) is 39.0 Å². The maximum absolute atomic E-state index is 14.1. The van der Waals surface area contributed by atoms with E-state index in [9.17, 15) is 22.8 Å². The summed E-state index contributed by atoms with van der Waals surface area (Å²) in [5.41, 5.74) is 1.84. The van der Waals surface area contributed by atoms with Crippen molar-refractivity contribution in [1.29, 1.82) is 0 Å². The first kappa shape index (κ1) is 30.2. The van der Waals surface area contributed by atoms with Crippen molar-refractivity contribution in [3.8, 4) is 5.75 Å². The Balaban J connectivity index is 1.39. The third-order valence-electron chi connectivity index (χ3n) is 9.29. The molecule has 0 bridgehead atoms. The van der Waals surface area contributed by atoms with Crippen LogP contribution in [-0.4, -0.2) is 73.0 Å². The van der Waals surface area contributed by atoms with E-state index in [2.05, 4.69) is 12.1 Å². The maximum Gasteiger partial charge on any atom is 0.471 e. The molecule has 0 N–H and O–H groups in total. The first-order valence-electron chi connectivity index (χ1n) is 14.7. The second-order valence-corrected chi connectivity index (χ2v) is 11.6. The zero-order chi connectivity index (χ0) is 29.9. The van der Waals surface area contributed by atoms with Crippen molar-refractivity contribution in [3.63, 3.8) is 0 Å². The quantitative estimate of drug-likeness (QED) is 0.361. The van der Waals surface area contributed by atoms with E-state index >= 15 is 0 Å². The molecule has 2 amide bonds. The van der Waals surface area contributed by atoms with Gasteiger partial charge in [0.2, 0.25) is 0 Å². The zero-order valence-electron chi connectivity index (χ0n) is 24.1. The van der Waals surface area contributed by atoms with Crippen LogP contribution in [0.1, 0.15) is 62.0 Å². The summed E-state index contributed by atoms with van der Waals surface area (Å²) in [6.07, 6.45) is -0.183. The van der Waals surface area contributed by atoms with Gasteiger partial charge in [-0.15, -0.1) is 0 Å². The summed E-state index contributed by atoms with van der Waals surface area (Å²) in [6, 6.07) is 15.0. The van der Waals surface area contributed by atoms with Gasteiger partial charge in [0.25, 0.3) is 0 Å². The van der Waals surface area contributed by atoms with E-state index in [1.54, 1.807) is 29.2 Å². The summed E-state index contributed by atoms with van der Waals surface area (Å²) in [4.78, 5) is 28.6. The molecule has 0 aromatic heterocycles. The summed E-state index contributed by atoms with van der Waals surface area (Å²) < 4.78 is 58.9. The number of halogens is 3. The predicted octanol–water partition coefficient (Wildman–Crippen LogP) is 6.32. The highest BCUT2D eigenvalue weighted by molar-refractivity contribution is 5.82. The molecule has 5 rings (SSSR count). The number of nitrogens with zero attached hydrogens (tertiary/aromatic N) is 2. The lowest BCUT2D eigenvalue weighted by Crippen LogP contribution is -2.55. The van der Waals surface area contributed by atoms with Crippen molar-refractivity contribution in [3.05, 3.63) is 65.7 Å². The number of benzene rings is 2. The molecule has 1 aliphatic heterocycles. The fraction of sp³-hybridized carbons (Fsp3) is 0.562. The minimum Gasteiger partial charge on any atom is -0.497 e. The second kappa shape index (κ2) is 12.9. The summed E-state index contributed by atoms with van der Waals surface area (Å²) >= 11 is 0. The van der Waals surface area contributed by atoms with E-state index in [0.29, 0.717) is 30.1 Å². The average Bonchev–Trinajstić information content (AvgIpc) is 3.59. The SMILES string of the molecule is COC(=O)N1[C@@H]2CCC[C@@H]2[C@H](N(Cc2ccc(OC)cc2)C(=O)C(F)(F)F)[C@@H]1COC1CCC(c2ccccc2)CC1. The van der Waals surface area contributed by atoms with Crippen molar-refractivity contribution < 1.29 is 37.0 Å². The molecule has 2 saturated carbocycles. The summed E-state index contributed by atoms with van der Waals surface area (Å²) in [6.45, 7) is -0.207. The van der Waals surface area contributed by atoms with Crippen LogP contribution in [0.5, 0.6) is 5.75 Å². The molecular formula is C32H39F3N2O5. The molecule has 1 saturated heterocycles. The van der Waals surface area contributed by atoms with E-state index in [-0.39, 0.29) is 31.2 Å². The Bertz CT molecular complexity index is 1200. The number of rotatable bonds is 8. The molecule has 4 atom stereocenters. The fourth-order valence-corrected chi connectivity index (χ4v) is 7.33. The molecule has 228 valence electrons. The number of alkyl halides is 3. The predicted molar refractivity (Wildman–Crippen MR) is 150 cm³/mol. The Morgan fingerprint density at radius 2 is 1.62 bits per heavy atom. The van der Waals surface area contributed by atoms with Gasteiger partial charge in [0.1, 0.15) is 5.75 Å². The Morgan fingerprint density at radius 1 is 0.929 bits per heavy atom. The van der Waals surface area contributed by atoms with Gasteiger partial charge < -0.3 is 19.1 Å². The van der Waals surface area contributed by atoms with Gasteiger partial charge in [-0.2, -0.15) is 13.2 Å². The molecule has 0 spiro atoms. The Hall–Kier alpha value is -3.27. The summed E-state index contributed by atoms with van der Waals surface area (Å²) in [7, 11) is 2.78. The van der Waals surface area contributed by atoms with Crippen LogP contribution in [-0.2, 0) is 20.8 Å². The Morgan fingerprint density at radius 3 is 2.24 bits per heavy atom. The standard InChI is InChI=1S/C32H39F3N2O5/c1-40-24-15-11-21(12-16-24)19-36(30(38)32(33,34)35)29-26-9-6-10-27(26)37(31(39)41-2)28(29)20-42-25-17-13-23(14-18-25)22-7-4-3-5-8-22/h3-5,7-8,11-12,15-16,23,25-29H,6,9-10,13-14,17-20H2,1-2H3/t23?,25?,26-,27+,28-,29-/m0/s1. The highest BCUT2D eigenvalue weighted by Gasteiger charge is 2.58. The molecule has 7 nitrogen and oxygen atoms in total. The van der Waals surface area contributed by atoms with Gasteiger partial charge in [-0.1, -0.05) is 48.9 Å². The topological polar surface area (TPSA) is 68.3 Å². The van der Waals surface area contributed by atoms with Crippen LogP contribution in [0, 0.1) is 5.92 Å². The lowest BCUT2D eigenvalue weighted by Gasteiger charge is -2.38. The monoisotopic (exact) mass is 588 g/mol. The first-order valence-corrected chi connectivity index (χ1v) is 14.7. The van der Waals surface area contributed by atoms with Crippen molar-refractivity contribution >= 4 is 12.0 Å². The molecule has 1 heterocycles. The van der Waals surface area contributed by atoms with Gasteiger partial charge in [0, 0.05) is 18.5 Å². The molecule has 0 radical (unpaired) electrons. The fourth-order valence-electron chi connectivity index (χ4n) is 7.33. The van der Waals surface area contributed by atoms with Crippen LogP contribution in [0.15, 0.2) is 54.6 Å². The van der Waals surface area contributed by atoms with E-state index in [0.717, 1.165) is 37.0 Å². The molecule has 42 heavy (non-hydrogen) atoms. The molecule has 0 unspecified atom stereocenters. The number of hydrogen-bond acceptors (Lipinski definition) is 5. The van der Waals surface area contributed by atoms with Crippen LogP contribution in [0.25, 0.3) is 0 Å². The smallest absolute Gasteiger partial charge is 0.471 e. The van der Waals surface area contributed by atoms with Gasteiger partial charge >= 0.3 is 18.2 Å². The third-order valence-corrected chi connectivity index (χ3v) is 9.29. The van der Waals surface area contributed by atoms with Crippen molar-refractivity contribution in [2.45, 2.75) is 87.8 Å². The second-order valence-electron chi connectivity index (χ2n) is 11.6. The van der Waals surface area contributed by atoms with Gasteiger partial charge in [-0.05, 0) is 67.7 Å². The lowest BCUT2D eigenvalue weighted by atomic mass is 9.83. The van der Waals surface area contributed by atoms with Crippen LogP contribution in [0.2, 0.25) is 0 Å². The minimum absolute atomic E-state index is 0.0394. The molecule has 10 heteroatoms. The zero-order valence-corrected chi connectivity index (χ0v) is 24.1. The van der Waals surface area contributed by atoms with Gasteiger partial charge in [0.15, 0.2) is 0 Å². The minimum atomic E-state index is -5.07. The molecule has 3 fully saturated rings. The summed E-state index contributed by atoms with van der Waals surface area (Å²) in [5.74, 6) is -1.21. The molecule has 2 aromatic rings. The number of amides is 2. The summed E-state index contributed by atoms with van der Waals surface area (Å²) in [5, 5.41) is 0. The number of likely N-dealkylation sites (tertiary alicyclic amines) is 1. The highest BCUT2D eigenvalue weighted by atomic mass is 19.4. The molecular weight excluding hydrogens is 549 g/mol. The van der Waals surface area contributed by atoms with Crippen molar-refractivity contribution in [1.82, 2.24) is 9.80 Å². The maximum atomic E-state index is 14.1. The highest BCUT2D eigenvalue weighted by Crippen LogP contribution is 2.46. The largest absolute Gasteiger partial charge is 0.497 e. The van der Waals surface area contributed by atoms with E-state index in [1.807, 2.05) is 18.2 Å². The molecule has 2 aromatic carbocycles. The van der Waals surface area contributed by atoms with Crippen LogP contribution in [0.4, 0.5) is 18.0 Å². The van der Waals surface area contributed by atoms with Gasteiger partial charge in [-0.3, -0.25) is 9.69 Å². The first-order chi connectivity index (χ1) is 20.2. The normalized spacial score (nSPS) is 27.4. The van der Waals surface area contributed by atoms with Crippen molar-refractivity contribution in [2.24, 2.45) is 5.92 Å². The average molecular weight is 589 g/mol. The van der Waals surface area contributed by atoms with Crippen LogP contribution in [0.3, 0.4) is 0 Å². The number of ether oxygens (including phenoxy) is 3. The number of methoxy groups -OCH3 is 2. The molecule has 2 aliphatic carbocycles. The van der Waals surface area contributed by atoms with E-state index in [1.165, 1.54) is 19.8 Å². The number of carbonyl (C=O) groups is 2.